The molecule has 0 amide bonds. The lowest BCUT2D eigenvalue weighted by molar-refractivity contribution is 0.00290. The zero-order chi connectivity index (χ0) is 11.6. The van der Waals surface area contributed by atoms with Crippen molar-refractivity contribution in [3.63, 3.8) is 0 Å². The van der Waals surface area contributed by atoms with Crippen LogP contribution in [0, 0.1) is 0 Å². The van der Waals surface area contributed by atoms with Crippen LogP contribution in [-0.2, 0) is 14.5 Å². The second-order valence-corrected chi connectivity index (χ2v) is 4.24. The first-order valence-electron chi connectivity index (χ1n) is 4.37. The molecule has 15 heavy (non-hydrogen) atoms. The summed E-state index contributed by atoms with van der Waals surface area (Å²) in [5, 5.41) is 7.07. The van der Waals surface area contributed by atoms with Gasteiger partial charge in [0.1, 0.15) is 0 Å². The molecule has 0 aliphatic heterocycles. The molecule has 0 N–H and O–H groups in total. The van der Waals surface area contributed by atoms with E-state index < -0.39 is 10.1 Å². The smallest absolute Gasteiger partial charge is 0.197 e. The van der Waals surface area contributed by atoms with Crippen LogP contribution in [0.15, 0.2) is 24.5 Å². The molecular weight excluding hydrogens is 223 g/mol. The van der Waals surface area contributed by atoms with E-state index in [1.54, 1.807) is 12.4 Å². The van der Waals surface area contributed by atoms with Crippen LogP contribution >= 0.6 is 0 Å². The zero-order valence-corrected chi connectivity index (χ0v) is 9.15. The summed E-state index contributed by atoms with van der Waals surface area (Å²) in [5.41, 5.74) is 0. The van der Waals surface area contributed by atoms with Crippen molar-refractivity contribution in [3.05, 3.63) is 24.5 Å². The van der Waals surface area contributed by atoms with Crippen molar-refractivity contribution in [3.8, 4) is 0 Å². The molecule has 0 fully saturated rings. The third-order valence-corrected chi connectivity index (χ3v) is 2.31. The van der Waals surface area contributed by atoms with Gasteiger partial charge in [-0.1, -0.05) is 17.7 Å². The molecule has 0 saturated heterocycles. The fourth-order valence-corrected chi connectivity index (χ4v) is 1.31. The first kappa shape index (κ1) is 13.9. The molecule has 0 aliphatic carbocycles. The van der Waals surface area contributed by atoms with E-state index in [-0.39, 0.29) is 5.75 Å². The Balaban J connectivity index is 0.000000280. The van der Waals surface area contributed by atoms with Crippen LogP contribution in [0.2, 0.25) is 0 Å². The Hall–Kier alpha value is -1.08. The van der Waals surface area contributed by atoms with Crippen molar-refractivity contribution < 1.29 is 17.3 Å². The first-order chi connectivity index (χ1) is 7.12. The lowest BCUT2D eigenvalue weighted by Gasteiger charge is -1.92. The minimum absolute atomic E-state index is 0.236. The molecule has 0 aliphatic rings. The Labute approximate surface area is 88.3 Å². The molecule has 1 heterocycles. The topological polar surface area (TPSA) is 69.2 Å². The summed E-state index contributed by atoms with van der Waals surface area (Å²) in [6.07, 6.45) is 4.43. The van der Waals surface area contributed by atoms with E-state index in [0.29, 0.717) is 12.8 Å². The van der Waals surface area contributed by atoms with Crippen LogP contribution in [0.4, 0.5) is 4.53 Å². The van der Waals surface area contributed by atoms with Gasteiger partial charge in [0.2, 0.25) is 0 Å². The second-order valence-electron chi connectivity index (χ2n) is 2.59. The molecule has 0 atom stereocenters. The van der Waals surface area contributed by atoms with Crippen molar-refractivity contribution in [1.29, 1.82) is 0 Å². The van der Waals surface area contributed by atoms with Gasteiger partial charge in [-0.25, -0.2) is 0 Å². The number of halogens is 1. The quantitative estimate of drug-likeness (QED) is 0.792. The standard InChI is InChI=1S/C4H9FO3S.C4H4N2/c1-2-3-4-9(6,7)8-5;1-2-4-6-5-3-1/h2-4H2,1H3;1-4H. The van der Waals surface area contributed by atoms with E-state index >= 15 is 0 Å². The summed E-state index contributed by atoms with van der Waals surface area (Å²) in [7, 11) is -3.85. The third-order valence-electron chi connectivity index (χ3n) is 1.33. The zero-order valence-electron chi connectivity index (χ0n) is 8.34. The summed E-state index contributed by atoms with van der Waals surface area (Å²) in [4.78, 5) is 0. The Kier molecular flexibility index (Phi) is 7.65. The van der Waals surface area contributed by atoms with Crippen molar-refractivity contribution >= 4 is 10.1 Å². The van der Waals surface area contributed by atoms with Crippen LogP contribution in [0.5, 0.6) is 0 Å². The molecule has 1 rings (SSSR count). The van der Waals surface area contributed by atoms with E-state index in [9.17, 15) is 12.9 Å². The highest BCUT2D eigenvalue weighted by Crippen LogP contribution is 1.98. The molecule has 0 aromatic carbocycles. The number of aromatic nitrogens is 2. The molecule has 1 aromatic rings. The van der Waals surface area contributed by atoms with Crippen LogP contribution in [0.3, 0.4) is 0 Å². The van der Waals surface area contributed by atoms with Crippen LogP contribution < -0.4 is 0 Å². The molecule has 1 aromatic heterocycles. The first-order valence-corrected chi connectivity index (χ1v) is 5.94. The van der Waals surface area contributed by atoms with Gasteiger partial charge in [0.15, 0.2) is 0 Å². The highest BCUT2D eigenvalue weighted by molar-refractivity contribution is 7.86. The molecule has 7 heteroatoms. The molecular formula is C8H13FN2O3S. The number of unbranched alkanes of at least 4 members (excludes halogenated alkanes) is 1. The van der Waals surface area contributed by atoms with Gasteiger partial charge < -0.3 is 0 Å². The van der Waals surface area contributed by atoms with Crippen molar-refractivity contribution in [2.24, 2.45) is 0 Å². The van der Waals surface area contributed by atoms with Gasteiger partial charge in [-0.3, -0.25) is 0 Å². The monoisotopic (exact) mass is 236 g/mol. The lowest BCUT2D eigenvalue weighted by atomic mass is 10.4. The summed E-state index contributed by atoms with van der Waals surface area (Å²) in [5.74, 6) is -0.236. The maximum Gasteiger partial charge on any atom is 0.297 e. The van der Waals surface area contributed by atoms with E-state index in [4.69, 9.17) is 0 Å². The minimum atomic E-state index is -3.85. The van der Waals surface area contributed by atoms with E-state index in [1.807, 2.05) is 19.1 Å². The summed E-state index contributed by atoms with van der Waals surface area (Å²) in [6, 6.07) is 3.65. The maximum atomic E-state index is 11.0. The van der Waals surface area contributed by atoms with Crippen molar-refractivity contribution in [1.82, 2.24) is 10.2 Å². The normalized spacial score (nSPS) is 10.3. The van der Waals surface area contributed by atoms with E-state index in [2.05, 4.69) is 14.6 Å². The van der Waals surface area contributed by atoms with Gasteiger partial charge in [0, 0.05) is 12.4 Å². The average molecular weight is 236 g/mol. The Morgan fingerprint density at radius 3 is 2.07 bits per heavy atom. The number of hydrogen-bond donors (Lipinski definition) is 0. The van der Waals surface area contributed by atoms with Gasteiger partial charge in [0.05, 0.1) is 5.75 Å². The third kappa shape index (κ3) is 9.23. The van der Waals surface area contributed by atoms with Crippen LogP contribution in [0.1, 0.15) is 19.8 Å². The highest BCUT2D eigenvalue weighted by atomic mass is 32.2. The Morgan fingerprint density at radius 1 is 1.27 bits per heavy atom. The molecule has 0 radical (unpaired) electrons. The molecule has 5 nitrogen and oxygen atoms in total. The predicted molar refractivity (Wildman–Crippen MR) is 52.9 cm³/mol. The van der Waals surface area contributed by atoms with Crippen LogP contribution in [-0.4, -0.2) is 24.4 Å². The van der Waals surface area contributed by atoms with E-state index in [1.165, 1.54) is 0 Å². The largest absolute Gasteiger partial charge is 0.297 e. The molecule has 0 spiro atoms. The fourth-order valence-electron chi connectivity index (χ4n) is 0.606. The van der Waals surface area contributed by atoms with Gasteiger partial charge in [-0.05, 0) is 23.1 Å². The highest BCUT2D eigenvalue weighted by Gasteiger charge is 2.08. The van der Waals surface area contributed by atoms with Gasteiger partial charge in [-0.15, -0.1) is 0 Å². The Morgan fingerprint density at radius 2 is 1.80 bits per heavy atom. The lowest BCUT2D eigenvalue weighted by Crippen LogP contribution is -2.04. The number of rotatable bonds is 4. The van der Waals surface area contributed by atoms with E-state index in [0.717, 1.165) is 0 Å². The molecule has 0 bridgehead atoms. The van der Waals surface area contributed by atoms with Crippen molar-refractivity contribution in [2.45, 2.75) is 19.8 Å². The minimum Gasteiger partial charge on any atom is -0.197 e. The maximum absolute atomic E-state index is 11.0. The fraction of sp³-hybridized carbons (Fsp3) is 0.500. The predicted octanol–water partition coefficient (Wildman–Crippen LogP) is 1.49. The molecule has 0 unspecified atom stereocenters. The van der Waals surface area contributed by atoms with Gasteiger partial charge in [-0.2, -0.15) is 18.6 Å². The average Bonchev–Trinajstić information content (AvgIpc) is 2.30. The van der Waals surface area contributed by atoms with Gasteiger partial charge in [0.25, 0.3) is 10.1 Å². The SMILES string of the molecule is CCCCS(=O)(=O)OF.c1ccnnc1. The van der Waals surface area contributed by atoms with Gasteiger partial charge >= 0.3 is 0 Å². The number of hydrogen-bond acceptors (Lipinski definition) is 5. The summed E-state index contributed by atoms with van der Waals surface area (Å²) >= 11 is 0. The molecule has 0 saturated carbocycles. The second kappa shape index (κ2) is 8.25. The van der Waals surface area contributed by atoms with Crippen molar-refractivity contribution in [2.75, 3.05) is 5.75 Å². The van der Waals surface area contributed by atoms with Crippen LogP contribution in [0.25, 0.3) is 0 Å². The number of nitrogens with zero attached hydrogens (tertiary/aromatic N) is 2. The Bertz CT molecular complexity index is 304. The summed E-state index contributed by atoms with van der Waals surface area (Å²) < 4.78 is 34.0. The molecule has 86 valence electrons. The summed E-state index contributed by atoms with van der Waals surface area (Å²) in [6.45, 7) is 1.81.